The maximum atomic E-state index is 5.28. The summed E-state index contributed by atoms with van der Waals surface area (Å²) in [5.74, 6) is 2.04. The van der Waals surface area contributed by atoms with Crippen LogP contribution < -0.4 is 0 Å². The number of rotatable bonds is 7. The minimum Gasteiger partial charge on any atom is -0.383 e. The number of imidazole rings is 1. The van der Waals surface area contributed by atoms with Crippen molar-refractivity contribution in [3.8, 4) is 0 Å². The number of fused-ring (bicyclic) bond motifs is 4. The highest BCUT2D eigenvalue weighted by molar-refractivity contribution is 4.96. The van der Waals surface area contributed by atoms with E-state index in [1.54, 1.807) is 7.11 Å². The predicted molar refractivity (Wildman–Crippen MR) is 87.8 cm³/mol. The molecule has 3 saturated heterocycles. The summed E-state index contributed by atoms with van der Waals surface area (Å²) in [7, 11) is 1.80. The van der Waals surface area contributed by atoms with E-state index in [9.17, 15) is 0 Å². The van der Waals surface area contributed by atoms with Gasteiger partial charge in [-0.2, -0.15) is 0 Å². The second-order valence-electron chi connectivity index (χ2n) is 6.82. The molecule has 0 spiro atoms. The maximum Gasteiger partial charge on any atom is 0.122 e. The van der Waals surface area contributed by atoms with Crippen LogP contribution in [0, 0.1) is 5.92 Å². The monoisotopic (exact) mass is 306 g/mol. The van der Waals surface area contributed by atoms with Crippen molar-refractivity contribution in [3.05, 3.63) is 18.2 Å². The molecule has 1 aromatic heterocycles. The molecule has 0 aliphatic carbocycles. The molecule has 4 rings (SSSR count). The third-order valence-electron chi connectivity index (χ3n) is 5.12. The van der Waals surface area contributed by atoms with Crippen LogP contribution in [0.1, 0.15) is 32.0 Å². The topological polar surface area (TPSA) is 33.5 Å². The van der Waals surface area contributed by atoms with Gasteiger partial charge in [0.25, 0.3) is 0 Å². The molecule has 3 fully saturated rings. The van der Waals surface area contributed by atoms with Crippen LogP contribution in [0.4, 0.5) is 0 Å². The molecular formula is C17H30N4O. The van der Waals surface area contributed by atoms with E-state index in [1.807, 2.05) is 6.20 Å². The van der Waals surface area contributed by atoms with Crippen molar-refractivity contribution in [2.45, 2.75) is 45.3 Å². The van der Waals surface area contributed by atoms with Gasteiger partial charge in [0.05, 0.1) is 13.2 Å². The minimum absolute atomic E-state index is 0.698. The summed E-state index contributed by atoms with van der Waals surface area (Å²) in [5.41, 5.74) is 0. The summed E-state index contributed by atoms with van der Waals surface area (Å²) in [6.45, 7) is 9.88. The highest BCUT2D eigenvalue weighted by Gasteiger charge is 2.34. The molecule has 0 N–H and O–H groups in total. The van der Waals surface area contributed by atoms with Gasteiger partial charge in [0.1, 0.15) is 5.82 Å². The van der Waals surface area contributed by atoms with Crippen molar-refractivity contribution in [2.24, 2.45) is 5.92 Å². The first kappa shape index (κ1) is 16.0. The number of hydrogen-bond acceptors (Lipinski definition) is 4. The average molecular weight is 306 g/mol. The Labute approximate surface area is 134 Å². The molecule has 0 unspecified atom stereocenters. The Kier molecular flexibility index (Phi) is 5.50. The van der Waals surface area contributed by atoms with Gasteiger partial charge in [0.2, 0.25) is 0 Å². The lowest BCUT2D eigenvalue weighted by Gasteiger charge is -2.35. The van der Waals surface area contributed by atoms with E-state index in [0.717, 1.165) is 32.2 Å². The summed E-state index contributed by atoms with van der Waals surface area (Å²) in [6.07, 6.45) is 7.96. The zero-order chi connectivity index (χ0) is 15.4. The molecule has 1 aromatic rings. The van der Waals surface area contributed by atoms with Gasteiger partial charge in [0, 0.05) is 58.3 Å². The number of hydrogen-bond donors (Lipinski definition) is 0. The van der Waals surface area contributed by atoms with Crippen molar-refractivity contribution < 1.29 is 4.74 Å². The SMILES string of the molecule is CCCn1ccnc1CN1C[C@H]2CC[C@@H](C1)N(CCOC)C2. The second kappa shape index (κ2) is 7.57. The number of aryl methyl sites for hydroxylation is 1. The van der Waals surface area contributed by atoms with Crippen LogP contribution in [0.2, 0.25) is 0 Å². The lowest BCUT2D eigenvalue weighted by molar-refractivity contribution is 0.0866. The molecule has 124 valence electrons. The van der Waals surface area contributed by atoms with Gasteiger partial charge >= 0.3 is 0 Å². The van der Waals surface area contributed by atoms with Crippen LogP contribution in [0.15, 0.2) is 12.4 Å². The summed E-state index contributed by atoms with van der Waals surface area (Å²) in [5, 5.41) is 0. The molecule has 0 aromatic carbocycles. The first-order chi connectivity index (χ1) is 10.8. The number of piperidine rings is 1. The molecule has 5 nitrogen and oxygen atoms in total. The number of methoxy groups -OCH3 is 1. The summed E-state index contributed by atoms with van der Waals surface area (Å²) >= 11 is 0. The van der Waals surface area contributed by atoms with Gasteiger partial charge in [0.15, 0.2) is 0 Å². The van der Waals surface area contributed by atoms with Gasteiger partial charge in [-0.05, 0) is 25.2 Å². The van der Waals surface area contributed by atoms with E-state index >= 15 is 0 Å². The fraction of sp³-hybridized carbons (Fsp3) is 0.824. The van der Waals surface area contributed by atoms with Crippen molar-refractivity contribution in [1.29, 1.82) is 0 Å². The number of nitrogens with zero attached hydrogens (tertiary/aromatic N) is 4. The van der Waals surface area contributed by atoms with Crippen LogP contribution in [-0.2, 0) is 17.8 Å². The maximum absolute atomic E-state index is 5.28. The molecule has 0 amide bonds. The van der Waals surface area contributed by atoms with Crippen LogP contribution in [0.25, 0.3) is 0 Å². The zero-order valence-corrected chi connectivity index (χ0v) is 14.1. The van der Waals surface area contributed by atoms with E-state index in [0.29, 0.717) is 6.04 Å². The molecule has 3 aliphatic heterocycles. The Hall–Kier alpha value is -0.910. The molecule has 5 heteroatoms. The van der Waals surface area contributed by atoms with E-state index in [4.69, 9.17) is 4.74 Å². The zero-order valence-electron chi connectivity index (χ0n) is 14.1. The minimum atomic E-state index is 0.698. The summed E-state index contributed by atoms with van der Waals surface area (Å²) in [6, 6.07) is 0.698. The third kappa shape index (κ3) is 3.70. The molecule has 0 saturated carbocycles. The Morgan fingerprint density at radius 1 is 1.23 bits per heavy atom. The molecule has 2 atom stereocenters. The van der Waals surface area contributed by atoms with Crippen LogP contribution >= 0.6 is 0 Å². The van der Waals surface area contributed by atoms with Gasteiger partial charge in [-0.1, -0.05) is 6.92 Å². The molecule has 2 bridgehead atoms. The molecule has 4 heterocycles. The standard InChI is InChI=1S/C17H30N4O/c1-3-7-20-8-6-18-17(20)14-19-11-15-4-5-16(13-19)21(12-15)9-10-22-2/h6,8,15-16H,3-5,7,9-14H2,1-2H3/t15-,16+/m1/s1. The Balaban J connectivity index is 1.62. The van der Waals surface area contributed by atoms with Gasteiger partial charge in [-0.25, -0.2) is 4.98 Å². The lowest BCUT2D eigenvalue weighted by Crippen LogP contribution is -2.45. The number of aromatic nitrogens is 2. The highest BCUT2D eigenvalue weighted by Crippen LogP contribution is 2.28. The van der Waals surface area contributed by atoms with Crippen LogP contribution in [-0.4, -0.2) is 65.3 Å². The van der Waals surface area contributed by atoms with Crippen molar-refractivity contribution >= 4 is 0 Å². The third-order valence-corrected chi connectivity index (χ3v) is 5.12. The molecular weight excluding hydrogens is 276 g/mol. The van der Waals surface area contributed by atoms with Crippen molar-refractivity contribution in [3.63, 3.8) is 0 Å². The number of ether oxygens (including phenoxy) is 1. The van der Waals surface area contributed by atoms with Crippen molar-refractivity contribution in [2.75, 3.05) is 39.9 Å². The van der Waals surface area contributed by atoms with Gasteiger partial charge < -0.3 is 9.30 Å². The van der Waals surface area contributed by atoms with E-state index < -0.39 is 0 Å². The highest BCUT2D eigenvalue weighted by atomic mass is 16.5. The largest absolute Gasteiger partial charge is 0.383 e. The predicted octanol–water partition coefficient (Wildman–Crippen LogP) is 1.84. The normalized spacial score (nSPS) is 26.5. The molecule has 3 aliphatic rings. The van der Waals surface area contributed by atoms with Crippen molar-refractivity contribution in [1.82, 2.24) is 19.4 Å². The van der Waals surface area contributed by atoms with E-state index in [1.165, 1.54) is 44.7 Å². The smallest absolute Gasteiger partial charge is 0.122 e. The summed E-state index contributed by atoms with van der Waals surface area (Å²) in [4.78, 5) is 9.86. The Bertz CT molecular complexity index is 461. The fourth-order valence-corrected chi connectivity index (χ4v) is 4.02. The average Bonchev–Trinajstić information content (AvgIpc) is 2.77. The Morgan fingerprint density at radius 2 is 2.14 bits per heavy atom. The second-order valence-corrected chi connectivity index (χ2v) is 6.82. The summed E-state index contributed by atoms with van der Waals surface area (Å²) < 4.78 is 7.59. The molecule has 22 heavy (non-hydrogen) atoms. The fourth-order valence-electron chi connectivity index (χ4n) is 4.02. The van der Waals surface area contributed by atoms with Crippen LogP contribution in [0.3, 0.4) is 0 Å². The van der Waals surface area contributed by atoms with Gasteiger partial charge in [-0.3, -0.25) is 9.80 Å². The first-order valence-electron chi connectivity index (χ1n) is 8.75. The Morgan fingerprint density at radius 3 is 2.95 bits per heavy atom. The molecule has 0 radical (unpaired) electrons. The quantitative estimate of drug-likeness (QED) is 0.770. The van der Waals surface area contributed by atoms with Crippen LogP contribution in [0.5, 0.6) is 0 Å². The van der Waals surface area contributed by atoms with E-state index in [-0.39, 0.29) is 0 Å². The lowest BCUT2D eigenvalue weighted by atomic mass is 9.95. The first-order valence-corrected chi connectivity index (χ1v) is 8.75. The van der Waals surface area contributed by atoms with E-state index in [2.05, 4.69) is 32.5 Å². The van der Waals surface area contributed by atoms with Gasteiger partial charge in [-0.15, -0.1) is 0 Å².